The van der Waals surface area contributed by atoms with Gasteiger partial charge in [-0.2, -0.15) is 5.10 Å². The van der Waals surface area contributed by atoms with Crippen molar-refractivity contribution in [3.8, 4) is 5.88 Å². The van der Waals surface area contributed by atoms with Gasteiger partial charge in [-0.05, 0) is 18.9 Å². The van der Waals surface area contributed by atoms with Crippen LogP contribution in [-0.4, -0.2) is 39.9 Å². The van der Waals surface area contributed by atoms with Gasteiger partial charge < -0.3 is 10.1 Å². The first-order valence-electron chi connectivity index (χ1n) is 8.39. The summed E-state index contributed by atoms with van der Waals surface area (Å²) in [5.74, 6) is 0.934. The molecule has 0 radical (unpaired) electrons. The fourth-order valence-electron chi connectivity index (χ4n) is 3.73. The van der Waals surface area contributed by atoms with Crippen molar-refractivity contribution in [1.82, 2.24) is 20.0 Å². The normalized spacial score (nSPS) is 24.4. The Morgan fingerprint density at radius 1 is 1.30 bits per heavy atom. The molecule has 0 bridgehead atoms. The third-order valence-electron chi connectivity index (χ3n) is 4.99. The van der Waals surface area contributed by atoms with Crippen LogP contribution in [0.1, 0.15) is 23.2 Å². The van der Waals surface area contributed by atoms with Crippen molar-refractivity contribution in [2.45, 2.75) is 38.6 Å². The molecule has 0 saturated carbocycles. The van der Waals surface area contributed by atoms with Crippen molar-refractivity contribution in [2.24, 2.45) is 7.05 Å². The highest BCUT2D eigenvalue weighted by atomic mass is 16.5. The molecule has 0 aliphatic carbocycles. The molecule has 5 heteroatoms. The van der Waals surface area contributed by atoms with Gasteiger partial charge >= 0.3 is 0 Å². The molecule has 2 aromatic rings. The van der Waals surface area contributed by atoms with Gasteiger partial charge in [0, 0.05) is 39.3 Å². The number of nitrogens with zero attached hydrogens (tertiary/aromatic N) is 3. The largest absolute Gasteiger partial charge is 0.471 e. The molecule has 23 heavy (non-hydrogen) atoms. The molecular weight excluding hydrogens is 288 g/mol. The summed E-state index contributed by atoms with van der Waals surface area (Å²) < 4.78 is 8.26. The van der Waals surface area contributed by atoms with E-state index in [4.69, 9.17) is 4.74 Å². The van der Waals surface area contributed by atoms with Gasteiger partial charge in [0.1, 0.15) is 6.10 Å². The number of hydrogen-bond acceptors (Lipinski definition) is 4. The Bertz CT molecular complexity index is 682. The van der Waals surface area contributed by atoms with Gasteiger partial charge in [0.25, 0.3) is 0 Å². The number of ether oxygens (including phenoxy) is 1. The Hall–Kier alpha value is -1.85. The van der Waals surface area contributed by atoms with Crippen LogP contribution in [0.25, 0.3) is 0 Å². The second kappa shape index (κ2) is 5.98. The van der Waals surface area contributed by atoms with E-state index in [1.165, 1.54) is 11.1 Å². The van der Waals surface area contributed by atoms with Crippen molar-refractivity contribution in [3.63, 3.8) is 0 Å². The zero-order valence-electron chi connectivity index (χ0n) is 13.8. The summed E-state index contributed by atoms with van der Waals surface area (Å²) >= 11 is 0. The van der Waals surface area contributed by atoms with Crippen LogP contribution in [-0.2, 0) is 20.1 Å². The smallest absolute Gasteiger partial charge is 0.216 e. The van der Waals surface area contributed by atoms with Crippen LogP contribution in [0, 0.1) is 6.92 Å². The Morgan fingerprint density at radius 2 is 2.13 bits per heavy atom. The fraction of sp³-hybridized carbons (Fsp3) is 0.500. The quantitative estimate of drug-likeness (QED) is 0.919. The van der Waals surface area contributed by atoms with Crippen molar-refractivity contribution in [3.05, 3.63) is 47.2 Å². The molecule has 4 rings (SSSR count). The van der Waals surface area contributed by atoms with Crippen LogP contribution in [0.5, 0.6) is 5.88 Å². The summed E-state index contributed by atoms with van der Waals surface area (Å²) in [6.45, 7) is 5.97. The van der Waals surface area contributed by atoms with Gasteiger partial charge in [-0.15, -0.1) is 0 Å². The molecular formula is C18H24N4O. The molecule has 1 aromatic heterocycles. The molecule has 122 valence electrons. The van der Waals surface area contributed by atoms with Crippen LogP contribution in [0.2, 0.25) is 0 Å². The summed E-state index contributed by atoms with van der Waals surface area (Å²) in [7, 11) is 1.97. The van der Waals surface area contributed by atoms with Crippen molar-refractivity contribution in [2.75, 3.05) is 13.1 Å². The third kappa shape index (κ3) is 2.86. The standard InChI is InChI=1S/C18H24N4O/c1-13-15-10-19-16-8-9-22(11-14-6-4-3-5-7-14)12-17(16)23-18(15)21(2)20-13/h3-7,16-17,19H,8-12H2,1-2H3/t16-,17-/m0/s1. The molecule has 1 saturated heterocycles. The number of nitrogens with one attached hydrogen (secondary N) is 1. The molecule has 2 atom stereocenters. The molecule has 2 aliphatic rings. The van der Waals surface area contributed by atoms with Gasteiger partial charge in [0.2, 0.25) is 5.88 Å². The first-order chi connectivity index (χ1) is 11.2. The van der Waals surface area contributed by atoms with Gasteiger partial charge in [-0.1, -0.05) is 30.3 Å². The van der Waals surface area contributed by atoms with Crippen LogP contribution < -0.4 is 10.1 Å². The number of fused-ring (bicyclic) bond motifs is 2. The number of aryl methyl sites for hydroxylation is 2. The van der Waals surface area contributed by atoms with E-state index in [9.17, 15) is 0 Å². The predicted octanol–water partition coefficient (Wildman–Crippen LogP) is 1.85. The highest BCUT2D eigenvalue weighted by Gasteiger charge is 2.34. The van der Waals surface area contributed by atoms with E-state index < -0.39 is 0 Å². The van der Waals surface area contributed by atoms with Crippen LogP contribution in [0.4, 0.5) is 0 Å². The molecule has 3 heterocycles. The molecule has 1 fully saturated rings. The maximum atomic E-state index is 6.38. The molecule has 1 N–H and O–H groups in total. The molecule has 0 amide bonds. The van der Waals surface area contributed by atoms with Gasteiger partial charge in [-0.3, -0.25) is 4.90 Å². The summed E-state index contributed by atoms with van der Waals surface area (Å²) in [6.07, 6.45) is 1.31. The van der Waals surface area contributed by atoms with Crippen LogP contribution in [0.15, 0.2) is 30.3 Å². The Kier molecular flexibility index (Phi) is 3.83. The molecule has 5 nitrogen and oxygen atoms in total. The molecule has 2 aliphatic heterocycles. The minimum absolute atomic E-state index is 0.184. The zero-order chi connectivity index (χ0) is 15.8. The Morgan fingerprint density at radius 3 is 2.96 bits per heavy atom. The maximum Gasteiger partial charge on any atom is 0.216 e. The summed E-state index contributed by atoms with van der Waals surface area (Å²) in [5, 5.41) is 8.17. The van der Waals surface area contributed by atoms with Crippen molar-refractivity contribution in [1.29, 1.82) is 0 Å². The molecule has 0 spiro atoms. The lowest BCUT2D eigenvalue weighted by Gasteiger charge is -2.37. The Balaban J connectivity index is 1.50. The number of piperidine rings is 1. The number of likely N-dealkylation sites (tertiary alicyclic amines) is 1. The fourth-order valence-corrected chi connectivity index (χ4v) is 3.73. The molecule has 0 unspecified atom stereocenters. The molecule has 1 aromatic carbocycles. The van der Waals surface area contributed by atoms with Gasteiger partial charge in [0.15, 0.2) is 0 Å². The Labute approximate surface area is 137 Å². The van der Waals surface area contributed by atoms with Gasteiger partial charge in [-0.25, -0.2) is 4.68 Å². The SMILES string of the molecule is Cc1nn(C)c2c1CN[C@H]1CCN(Cc3ccccc3)C[C@@H]1O2. The maximum absolute atomic E-state index is 6.38. The van der Waals surface area contributed by atoms with Gasteiger partial charge in [0.05, 0.1) is 11.3 Å². The van der Waals surface area contributed by atoms with E-state index in [1.54, 1.807) is 0 Å². The lowest BCUT2D eigenvalue weighted by Crippen LogP contribution is -2.53. The monoisotopic (exact) mass is 312 g/mol. The van der Waals surface area contributed by atoms with E-state index in [1.807, 2.05) is 11.7 Å². The summed E-state index contributed by atoms with van der Waals surface area (Å²) in [4.78, 5) is 2.49. The second-order valence-corrected chi connectivity index (χ2v) is 6.65. The van der Waals surface area contributed by atoms with E-state index in [0.29, 0.717) is 6.04 Å². The zero-order valence-corrected chi connectivity index (χ0v) is 13.8. The van der Waals surface area contributed by atoms with Crippen molar-refractivity contribution >= 4 is 0 Å². The number of aromatic nitrogens is 2. The topological polar surface area (TPSA) is 42.3 Å². The van der Waals surface area contributed by atoms with Crippen LogP contribution in [0.3, 0.4) is 0 Å². The van der Waals surface area contributed by atoms with E-state index >= 15 is 0 Å². The lowest BCUT2D eigenvalue weighted by molar-refractivity contribution is 0.0537. The first kappa shape index (κ1) is 14.7. The summed E-state index contributed by atoms with van der Waals surface area (Å²) in [5.41, 5.74) is 3.64. The van der Waals surface area contributed by atoms with Crippen molar-refractivity contribution < 1.29 is 4.74 Å². The highest BCUT2D eigenvalue weighted by Crippen LogP contribution is 2.28. The minimum Gasteiger partial charge on any atom is -0.471 e. The number of rotatable bonds is 2. The second-order valence-electron chi connectivity index (χ2n) is 6.65. The number of benzene rings is 1. The average Bonchev–Trinajstić information content (AvgIpc) is 2.73. The lowest BCUT2D eigenvalue weighted by atomic mass is 10.0. The minimum atomic E-state index is 0.184. The van der Waals surface area contributed by atoms with E-state index in [2.05, 4.69) is 52.6 Å². The first-order valence-corrected chi connectivity index (χ1v) is 8.39. The third-order valence-corrected chi connectivity index (χ3v) is 4.99. The predicted molar refractivity (Wildman–Crippen MR) is 89.3 cm³/mol. The average molecular weight is 312 g/mol. The van der Waals surface area contributed by atoms with E-state index in [-0.39, 0.29) is 6.10 Å². The van der Waals surface area contributed by atoms with E-state index in [0.717, 1.165) is 44.2 Å². The number of hydrogen-bond donors (Lipinski definition) is 1. The van der Waals surface area contributed by atoms with Crippen LogP contribution >= 0.6 is 0 Å². The summed E-state index contributed by atoms with van der Waals surface area (Å²) in [6, 6.07) is 11.1. The highest BCUT2D eigenvalue weighted by molar-refractivity contribution is 5.32.